The van der Waals surface area contributed by atoms with Crippen LogP contribution >= 0.6 is 0 Å². The van der Waals surface area contributed by atoms with Crippen molar-refractivity contribution in [1.29, 1.82) is 0 Å². The Morgan fingerprint density at radius 3 is 1.18 bits per heavy atom. The molecule has 7 heteroatoms. The molecule has 1 aromatic carbocycles. The molecule has 0 fully saturated rings. The van der Waals surface area contributed by atoms with E-state index in [1.807, 2.05) is 36.5 Å². The van der Waals surface area contributed by atoms with Gasteiger partial charge in [0.2, 0.25) is 0 Å². The van der Waals surface area contributed by atoms with E-state index in [-0.39, 0.29) is 16.2 Å². The summed E-state index contributed by atoms with van der Waals surface area (Å²) in [7, 11) is -3.96. The number of nitrogens with zero attached hydrogens (tertiary/aromatic N) is 1. The highest BCUT2D eigenvalue weighted by Gasteiger charge is 2.41. The van der Waals surface area contributed by atoms with Crippen LogP contribution < -0.4 is 0 Å². The van der Waals surface area contributed by atoms with Gasteiger partial charge in [0.15, 0.2) is 16.6 Å². The highest BCUT2D eigenvalue weighted by Crippen LogP contribution is 2.34. The number of carbonyl (C=O) groups is 2. The molecule has 0 atom stereocenters. The first kappa shape index (κ1) is 28.2. The summed E-state index contributed by atoms with van der Waals surface area (Å²) in [6, 6.07) is 11.6. The van der Waals surface area contributed by atoms with E-state index in [0.29, 0.717) is 0 Å². The normalized spacial score (nSPS) is 12.8. The van der Waals surface area contributed by atoms with Crippen molar-refractivity contribution in [3.8, 4) is 0 Å². The van der Waals surface area contributed by atoms with Crippen molar-refractivity contribution < 1.29 is 18.2 Å². The molecule has 1 heterocycles. The van der Waals surface area contributed by atoms with E-state index in [9.17, 15) is 14.1 Å². The highest BCUT2D eigenvalue weighted by atomic mass is 28.4. The molecule has 1 aromatic rings. The third-order valence-electron chi connectivity index (χ3n) is 5.28. The molecule has 0 N–H and O–H groups in total. The summed E-state index contributed by atoms with van der Waals surface area (Å²) in [5.74, 6) is -1.76. The number of allylic oxidation sites excluding steroid dienone is 6. The van der Waals surface area contributed by atoms with Crippen molar-refractivity contribution in [1.82, 2.24) is 5.12 Å². The van der Waals surface area contributed by atoms with Gasteiger partial charge in [-0.2, -0.15) is 0 Å². The van der Waals surface area contributed by atoms with Gasteiger partial charge < -0.3 is 4.12 Å². The maximum absolute atomic E-state index is 12.6. The predicted molar refractivity (Wildman–Crippen MR) is 141 cm³/mol. The number of amides is 2. The van der Waals surface area contributed by atoms with Crippen molar-refractivity contribution in [3.63, 3.8) is 0 Å². The summed E-state index contributed by atoms with van der Waals surface area (Å²) in [6.07, 6.45) is 11.9. The van der Waals surface area contributed by atoms with E-state index >= 15 is 0 Å². The van der Waals surface area contributed by atoms with E-state index in [1.165, 1.54) is 12.1 Å². The lowest BCUT2D eigenvalue weighted by atomic mass is 10.1. The molecule has 2 rings (SSSR count). The lowest BCUT2D eigenvalue weighted by Gasteiger charge is -2.40. The number of imide groups is 1. The molecule has 0 bridgehead atoms. The summed E-state index contributed by atoms with van der Waals surface area (Å²) in [4.78, 5) is 21.9. The van der Waals surface area contributed by atoms with Gasteiger partial charge in [0.1, 0.15) is 0 Å². The lowest BCUT2D eigenvalue weighted by Crippen LogP contribution is -2.50. The van der Waals surface area contributed by atoms with Crippen LogP contribution in [0, 0.1) is 0 Å². The van der Waals surface area contributed by atoms with Gasteiger partial charge >= 0.3 is 0 Å². The first-order chi connectivity index (χ1) is 15.8. The van der Waals surface area contributed by atoms with E-state index in [0.717, 1.165) is 36.3 Å². The Hall–Kier alpha value is -2.88. The fourth-order valence-electron chi connectivity index (χ4n) is 3.95. The standard InChI is InChI=1S/C18H30OSi2.C8H4FNO2/c1-7-13-20(14-8-2,15-9-3)19-21(16-10-4,17-11-5)18-12-6;9-10-7(11)5-3-1-2-4-6(5)8(10)12/h7-12H,1-6,13-18H2;1-4H. The average molecular weight is 484 g/mol. The van der Waals surface area contributed by atoms with Gasteiger partial charge in [0, 0.05) is 0 Å². The number of hydrogen-bond acceptors (Lipinski definition) is 3. The van der Waals surface area contributed by atoms with Gasteiger partial charge in [0.05, 0.1) is 11.1 Å². The first-order valence-electron chi connectivity index (χ1n) is 10.8. The number of benzene rings is 1. The Bertz CT molecular complexity index is 788. The fourth-order valence-corrected chi connectivity index (χ4v) is 13.8. The molecule has 4 nitrogen and oxygen atoms in total. The maximum Gasteiger partial charge on any atom is 0.290 e. The Morgan fingerprint density at radius 2 is 0.939 bits per heavy atom. The Morgan fingerprint density at radius 1 is 0.667 bits per heavy atom. The summed E-state index contributed by atoms with van der Waals surface area (Å²) >= 11 is 0. The SMILES string of the molecule is C=CC[Si](CC=C)(CC=C)O[Si](CC=C)(CC=C)CC=C.O=C1c2ccccc2C(=O)N1F. The zero-order valence-electron chi connectivity index (χ0n) is 19.3. The lowest BCUT2D eigenvalue weighted by molar-refractivity contribution is 0.0229. The maximum atomic E-state index is 12.6. The third kappa shape index (κ3) is 7.31. The molecular weight excluding hydrogens is 449 g/mol. The zero-order valence-corrected chi connectivity index (χ0v) is 21.3. The number of hydrogen-bond donors (Lipinski definition) is 0. The van der Waals surface area contributed by atoms with Crippen LogP contribution in [0.2, 0.25) is 36.3 Å². The molecule has 0 radical (unpaired) electrons. The van der Waals surface area contributed by atoms with Crippen molar-refractivity contribution >= 4 is 28.4 Å². The summed E-state index contributed by atoms with van der Waals surface area (Å²) in [6.45, 7) is 23.5. The van der Waals surface area contributed by atoms with Gasteiger partial charge in [-0.15, -0.1) is 44.6 Å². The van der Waals surface area contributed by atoms with Crippen molar-refractivity contribution in [2.24, 2.45) is 0 Å². The number of halogens is 1. The molecule has 0 unspecified atom stereocenters. The number of carbonyl (C=O) groups excluding carboxylic acids is 2. The van der Waals surface area contributed by atoms with E-state index in [2.05, 4.69) is 39.5 Å². The minimum atomic E-state index is -1.98. The van der Waals surface area contributed by atoms with Crippen molar-refractivity contribution in [2.45, 2.75) is 36.3 Å². The van der Waals surface area contributed by atoms with Crippen LogP contribution in [0.25, 0.3) is 0 Å². The molecule has 0 spiro atoms. The van der Waals surface area contributed by atoms with Crippen LogP contribution in [-0.4, -0.2) is 33.6 Å². The minimum absolute atomic E-state index is 0.130. The van der Waals surface area contributed by atoms with Crippen molar-refractivity contribution in [3.05, 3.63) is 111 Å². The summed E-state index contributed by atoms with van der Waals surface area (Å²) in [5, 5.41) is -0.370. The van der Waals surface area contributed by atoms with E-state index < -0.39 is 28.4 Å². The molecule has 0 saturated carbocycles. The molecular formula is C26H34FNO3Si2. The van der Waals surface area contributed by atoms with Gasteiger partial charge in [-0.05, 0) is 48.4 Å². The smallest absolute Gasteiger partial charge is 0.290 e. The Labute approximate surface area is 199 Å². The van der Waals surface area contributed by atoms with Crippen LogP contribution in [0.3, 0.4) is 0 Å². The highest BCUT2D eigenvalue weighted by molar-refractivity contribution is 6.88. The molecule has 176 valence electrons. The van der Waals surface area contributed by atoms with Crippen LogP contribution in [0.15, 0.2) is 100 Å². The number of rotatable bonds is 14. The minimum Gasteiger partial charge on any atom is -0.453 e. The number of fused-ring (bicyclic) bond motifs is 1. The monoisotopic (exact) mass is 483 g/mol. The van der Waals surface area contributed by atoms with Gasteiger partial charge in [-0.1, -0.05) is 53.1 Å². The first-order valence-corrected chi connectivity index (χ1v) is 15.8. The molecule has 1 aliphatic rings. The molecule has 0 aliphatic carbocycles. The predicted octanol–water partition coefficient (Wildman–Crippen LogP) is 7.18. The van der Waals surface area contributed by atoms with Crippen molar-refractivity contribution in [2.75, 3.05) is 0 Å². The second-order valence-corrected chi connectivity index (χ2v) is 15.9. The average Bonchev–Trinajstić information content (AvgIpc) is 3.00. The molecule has 2 amide bonds. The topological polar surface area (TPSA) is 46.6 Å². The van der Waals surface area contributed by atoms with Gasteiger partial charge in [-0.25, -0.2) is 0 Å². The van der Waals surface area contributed by atoms with E-state index in [1.54, 1.807) is 12.1 Å². The summed E-state index contributed by atoms with van der Waals surface area (Å²) < 4.78 is 19.6. The van der Waals surface area contributed by atoms with Crippen LogP contribution in [-0.2, 0) is 4.12 Å². The molecule has 33 heavy (non-hydrogen) atoms. The van der Waals surface area contributed by atoms with Crippen LogP contribution in [0.4, 0.5) is 4.48 Å². The van der Waals surface area contributed by atoms with E-state index in [4.69, 9.17) is 4.12 Å². The summed E-state index contributed by atoms with van der Waals surface area (Å²) in [5.41, 5.74) is 0.259. The van der Waals surface area contributed by atoms with Gasteiger partial charge in [-0.3, -0.25) is 9.59 Å². The second-order valence-electron chi connectivity index (χ2n) is 7.86. The van der Waals surface area contributed by atoms with Crippen LogP contribution in [0.1, 0.15) is 20.7 Å². The molecule has 1 aliphatic heterocycles. The molecule has 0 saturated heterocycles. The fraction of sp³-hybridized carbons (Fsp3) is 0.231. The van der Waals surface area contributed by atoms with Gasteiger partial charge in [0.25, 0.3) is 11.8 Å². The van der Waals surface area contributed by atoms with Crippen LogP contribution in [0.5, 0.6) is 0 Å². The second kappa shape index (κ2) is 13.6. The third-order valence-corrected chi connectivity index (χ3v) is 14.9. The zero-order chi connectivity index (χ0) is 24.9. The Balaban J connectivity index is 0.000000377. The largest absolute Gasteiger partial charge is 0.453 e. The Kier molecular flexibility index (Phi) is 11.6. The quantitative estimate of drug-likeness (QED) is 0.122. The molecule has 0 aromatic heterocycles.